The standard InChI is InChI=1S/C21H24ClN3O2/c1-2-15-7-9-17(10-8-15)25-20(27)24-14-21(11-12-21)19(26)23-13-16-5-3-4-6-18(16)22/h3-10H,2,11-14H2,1H3,(H,23,26)(H2,24,25,27). The van der Waals surface area contributed by atoms with Gasteiger partial charge in [0.15, 0.2) is 0 Å². The Labute approximate surface area is 164 Å². The minimum atomic E-state index is -0.509. The normalized spacial score (nSPS) is 14.3. The summed E-state index contributed by atoms with van der Waals surface area (Å²) in [6.45, 7) is 2.79. The molecule has 1 aliphatic rings. The van der Waals surface area contributed by atoms with E-state index in [-0.39, 0.29) is 11.9 Å². The van der Waals surface area contributed by atoms with Crippen LogP contribution in [0.15, 0.2) is 48.5 Å². The minimum Gasteiger partial charge on any atom is -0.351 e. The average molecular weight is 386 g/mol. The number of anilines is 1. The number of benzene rings is 2. The van der Waals surface area contributed by atoms with Crippen molar-refractivity contribution in [2.24, 2.45) is 5.41 Å². The van der Waals surface area contributed by atoms with Crippen LogP contribution in [0.4, 0.5) is 10.5 Å². The largest absolute Gasteiger partial charge is 0.351 e. The molecule has 2 aromatic carbocycles. The molecule has 1 aliphatic carbocycles. The van der Waals surface area contributed by atoms with Gasteiger partial charge in [-0.2, -0.15) is 0 Å². The highest BCUT2D eigenvalue weighted by Crippen LogP contribution is 2.45. The number of amides is 3. The lowest BCUT2D eigenvalue weighted by Crippen LogP contribution is -2.41. The third-order valence-corrected chi connectivity index (χ3v) is 5.31. The number of halogens is 1. The molecule has 0 bridgehead atoms. The second-order valence-corrected chi connectivity index (χ2v) is 7.32. The Bertz CT molecular complexity index is 816. The van der Waals surface area contributed by atoms with Crippen LogP contribution in [0.2, 0.25) is 5.02 Å². The van der Waals surface area contributed by atoms with Gasteiger partial charge in [-0.1, -0.05) is 48.9 Å². The second kappa shape index (κ2) is 8.44. The molecule has 27 heavy (non-hydrogen) atoms. The van der Waals surface area contributed by atoms with Crippen molar-refractivity contribution in [2.75, 3.05) is 11.9 Å². The number of carbonyl (C=O) groups is 2. The molecule has 3 N–H and O–H groups in total. The zero-order valence-electron chi connectivity index (χ0n) is 15.3. The van der Waals surface area contributed by atoms with Crippen LogP contribution in [-0.2, 0) is 17.8 Å². The van der Waals surface area contributed by atoms with Crippen molar-refractivity contribution < 1.29 is 9.59 Å². The maximum atomic E-state index is 12.5. The van der Waals surface area contributed by atoms with Crippen molar-refractivity contribution in [3.8, 4) is 0 Å². The van der Waals surface area contributed by atoms with Crippen molar-refractivity contribution >= 4 is 29.2 Å². The molecule has 142 valence electrons. The molecule has 2 aromatic rings. The first-order chi connectivity index (χ1) is 13.0. The first-order valence-corrected chi connectivity index (χ1v) is 9.56. The molecule has 0 aromatic heterocycles. The zero-order chi connectivity index (χ0) is 19.3. The van der Waals surface area contributed by atoms with Crippen LogP contribution in [0, 0.1) is 5.41 Å². The molecule has 3 amide bonds. The Balaban J connectivity index is 1.47. The minimum absolute atomic E-state index is 0.0463. The first-order valence-electron chi connectivity index (χ1n) is 9.18. The van der Waals surface area contributed by atoms with Gasteiger partial charge >= 0.3 is 6.03 Å². The Kier molecular flexibility index (Phi) is 6.01. The topological polar surface area (TPSA) is 70.2 Å². The number of aryl methyl sites for hydroxylation is 1. The predicted octanol–water partition coefficient (Wildman–Crippen LogP) is 4.12. The van der Waals surface area contributed by atoms with Crippen molar-refractivity contribution in [3.05, 3.63) is 64.7 Å². The summed E-state index contributed by atoms with van der Waals surface area (Å²) in [5, 5.41) is 9.18. The number of nitrogens with one attached hydrogen (secondary N) is 3. The van der Waals surface area contributed by atoms with Gasteiger partial charge in [-0.05, 0) is 48.6 Å². The lowest BCUT2D eigenvalue weighted by Gasteiger charge is -2.17. The molecule has 0 heterocycles. The lowest BCUT2D eigenvalue weighted by atomic mass is 10.1. The molecule has 0 spiro atoms. The van der Waals surface area contributed by atoms with E-state index in [1.807, 2.05) is 42.5 Å². The highest BCUT2D eigenvalue weighted by atomic mass is 35.5. The molecule has 0 unspecified atom stereocenters. The van der Waals surface area contributed by atoms with Gasteiger partial charge in [-0.15, -0.1) is 0 Å². The quantitative estimate of drug-likeness (QED) is 0.670. The monoisotopic (exact) mass is 385 g/mol. The molecule has 0 radical (unpaired) electrons. The van der Waals surface area contributed by atoms with Gasteiger partial charge in [0.1, 0.15) is 0 Å². The average Bonchev–Trinajstić information content (AvgIpc) is 3.47. The molecule has 3 rings (SSSR count). The van der Waals surface area contributed by atoms with E-state index in [2.05, 4.69) is 22.9 Å². The maximum Gasteiger partial charge on any atom is 0.319 e. The van der Waals surface area contributed by atoms with Crippen LogP contribution in [0.5, 0.6) is 0 Å². The predicted molar refractivity (Wildman–Crippen MR) is 108 cm³/mol. The number of hydrogen-bond donors (Lipinski definition) is 3. The Morgan fingerprint density at radius 1 is 1.04 bits per heavy atom. The summed E-state index contributed by atoms with van der Waals surface area (Å²) in [6, 6.07) is 14.9. The van der Waals surface area contributed by atoms with E-state index in [9.17, 15) is 9.59 Å². The Morgan fingerprint density at radius 2 is 1.74 bits per heavy atom. The SMILES string of the molecule is CCc1ccc(NC(=O)NCC2(C(=O)NCc3ccccc3Cl)CC2)cc1. The van der Waals surface area contributed by atoms with Crippen LogP contribution in [0.25, 0.3) is 0 Å². The smallest absolute Gasteiger partial charge is 0.319 e. The second-order valence-electron chi connectivity index (χ2n) is 6.91. The van der Waals surface area contributed by atoms with E-state index in [1.54, 1.807) is 6.07 Å². The fraction of sp³-hybridized carbons (Fsp3) is 0.333. The van der Waals surface area contributed by atoms with Gasteiger partial charge in [-0.3, -0.25) is 4.79 Å². The Morgan fingerprint density at radius 3 is 2.37 bits per heavy atom. The van der Waals surface area contributed by atoms with Gasteiger partial charge in [-0.25, -0.2) is 4.79 Å². The molecule has 1 saturated carbocycles. The maximum absolute atomic E-state index is 12.5. The van der Waals surface area contributed by atoms with Gasteiger partial charge in [0.05, 0.1) is 5.41 Å². The van der Waals surface area contributed by atoms with E-state index in [4.69, 9.17) is 11.6 Å². The number of carbonyl (C=O) groups excluding carboxylic acids is 2. The molecule has 6 heteroatoms. The summed E-state index contributed by atoms with van der Waals surface area (Å²) < 4.78 is 0. The number of urea groups is 1. The van der Waals surface area contributed by atoms with Crippen molar-refractivity contribution in [3.63, 3.8) is 0 Å². The fourth-order valence-electron chi connectivity index (χ4n) is 2.89. The van der Waals surface area contributed by atoms with E-state index in [0.717, 1.165) is 30.5 Å². The molecule has 1 fully saturated rings. The molecule has 0 saturated heterocycles. The summed E-state index contributed by atoms with van der Waals surface area (Å²) in [6.07, 6.45) is 2.50. The van der Waals surface area contributed by atoms with E-state index >= 15 is 0 Å². The molecule has 0 atom stereocenters. The highest BCUT2D eigenvalue weighted by molar-refractivity contribution is 6.31. The summed E-state index contributed by atoms with van der Waals surface area (Å²) in [5.74, 6) is -0.0463. The summed E-state index contributed by atoms with van der Waals surface area (Å²) in [5.41, 5.74) is 2.32. The van der Waals surface area contributed by atoms with Crippen LogP contribution in [0.1, 0.15) is 30.9 Å². The van der Waals surface area contributed by atoms with E-state index in [1.165, 1.54) is 5.56 Å². The van der Waals surface area contributed by atoms with Gasteiger partial charge in [0.2, 0.25) is 5.91 Å². The lowest BCUT2D eigenvalue weighted by molar-refractivity contribution is -0.126. The van der Waals surface area contributed by atoms with Crippen molar-refractivity contribution in [1.29, 1.82) is 0 Å². The molecular formula is C21H24ClN3O2. The van der Waals surface area contributed by atoms with Crippen LogP contribution >= 0.6 is 11.6 Å². The van der Waals surface area contributed by atoms with Gasteiger partial charge < -0.3 is 16.0 Å². The molecular weight excluding hydrogens is 362 g/mol. The third-order valence-electron chi connectivity index (χ3n) is 4.94. The zero-order valence-corrected chi connectivity index (χ0v) is 16.1. The summed E-state index contributed by atoms with van der Waals surface area (Å²) in [4.78, 5) is 24.6. The van der Waals surface area contributed by atoms with E-state index < -0.39 is 5.41 Å². The number of rotatable bonds is 7. The van der Waals surface area contributed by atoms with Gasteiger partial charge in [0, 0.05) is 23.8 Å². The van der Waals surface area contributed by atoms with E-state index in [0.29, 0.717) is 18.1 Å². The van der Waals surface area contributed by atoms with Crippen molar-refractivity contribution in [1.82, 2.24) is 10.6 Å². The highest BCUT2D eigenvalue weighted by Gasteiger charge is 2.49. The fourth-order valence-corrected chi connectivity index (χ4v) is 3.09. The third kappa shape index (κ3) is 5.01. The Hall–Kier alpha value is -2.53. The molecule has 0 aliphatic heterocycles. The van der Waals surface area contributed by atoms with Crippen LogP contribution in [-0.4, -0.2) is 18.5 Å². The summed E-state index contributed by atoms with van der Waals surface area (Å²) in [7, 11) is 0. The van der Waals surface area contributed by atoms with Crippen LogP contribution in [0.3, 0.4) is 0 Å². The molecule has 5 nitrogen and oxygen atoms in total. The van der Waals surface area contributed by atoms with Crippen molar-refractivity contribution in [2.45, 2.75) is 32.7 Å². The van der Waals surface area contributed by atoms with Crippen LogP contribution < -0.4 is 16.0 Å². The first kappa shape index (κ1) is 19.2. The number of hydrogen-bond acceptors (Lipinski definition) is 2. The summed E-state index contributed by atoms with van der Waals surface area (Å²) >= 11 is 6.12. The van der Waals surface area contributed by atoms with Gasteiger partial charge in [0.25, 0.3) is 0 Å².